The molecule has 2 aromatic heterocycles. The lowest BCUT2D eigenvalue weighted by Gasteiger charge is -2.28. The molecule has 5 N–H and O–H groups in total. The number of nitrogens with two attached hydrogens (primary N) is 1. The van der Waals surface area contributed by atoms with E-state index in [2.05, 4.69) is 25.6 Å². The van der Waals surface area contributed by atoms with Crippen LogP contribution in [0.25, 0.3) is 22.2 Å². The summed E-state index contributed by atoms with van der Waals surface area (Å²) in [6.45, 7) is 10.0. The molecule has 2 aliphatic rings. The summed E-state index contributed by atoms with van der Waals surface area (Å²) in [4.78, 5) is 15.1. The lowest BCUT2D eigenvalue weighted by Crippen LogP contribution is -2.37. The van der Waals surface area contributed by atoms with Gasteiger partial charge in [0, 0.05) is 38.9 Å². The molecular weight excluding hydrogens is 577 g/mol. The van der Waals surface area contributed by atoms with Crippen LogP contribution in [0.2, 0.25) is 0 Å². The minimum atomic E-state index is -5.02. The zero-order chi connectivity index (χ0) is 31.9. The normalized spacial score (nSPS) is 17.4. The fraction of sp³-hybridized carbons (Fsp3) is 0.536. The van der Waals surface area contributed by atoms with Gasteiger partial charge < -0.3 is 35.8 Å². The quantitative estimate of drug-likeness (QED) is 0.241. The van der Waals surface area contributed by atoms with Crippen molar-refractivity contribution in [2.75, 3.05) is 69.0 Å². The topological polar surface area (TPSA) is 131 Å². The van der Waals surface area contributed by atoms with Crippen molar-refractivity contribution in [1.29, 1.82) is 0 Å². The first kappa shape index (κ1) is 33.9. The van der Waals surface area contributed by atoms with Crippen molar-refractivity contribution in [3.63, 3.8) is 0 Å². The first-order valence-corrected chi connectivity index (χ1v) is 14.0. The molecule has 43 heavy (non-hydrogen) atoms. The highest BCUT2D eigenvalue weighted by Crippen LogP contribution is 2.44. The predicted molar refractivity (Wildman–Crippen MR) is 155 cm³/mol. The lowest BCUT2D eigenvalue weighted by atomic mass is 9.96. The molecule has 2 aliphatic heterocycles. The van der Waals surface area contributed by atoms with E-state index in [1.54, 1.807) is 11.8 Å². The Kier molecular flexibility index (Phi) is 11.6. The minimum Gasteiger partial charge on any atom is -0.474 e. The van der Waals surface area contributed by atoms with Gasteiger partial charge in [0.2, 0.25) is 11.8 Å². The number of hydrogen-bond acceptors (Lipinski definition) is 10. The van der Waals surface area contributed by atoms with Crippen LogP contribution < -0.4 is 26.0 Å². The summed E-state index contributed by atoms with van der Waals surface area (Å²) in [7, 11) is 1.00. The maximum absolute atomic E-state index is 16.4. The summed E-state index contributed by atoms with van der Waals surface area (Å²) in [5.74, 6) is -2.09. The van der Waals surface area contributed by atoms with Crippen LogP contribution in [0.1, 0.15) is 38.3 Å². The number of nitrogens with one attached hydrogen (secondary N) is 2. The van der Waals surface area contributed by atoms with Crippen molar-refractivity contribution >= 4 is 28.4 Å². The number of hydrogen-bond donors (Lipinski definition) is 4. The number of benzene rings is 1. The fourth-order valence-corrected chi connectivity index (χ4v) is 4.75. The molecule has 0 saturated carbocycles. The predicted octanol–water partition coefficient (Wildman–Crippen LogP) is 4.52. The van der Waals surface area contributed by atoms with Crippen molar-refractivity contribution in [3.05, 3.63) is 28.8 Å². The van der Waals surface area contributed by atoms with Crippen molar-refractivity contribution in [1.82, 2.24) is 20.3 Å². The van der Waals surface area contributed by atoms with Gasteiger partial charge in [0.25, 0.3) is 0 Å². The third kappa shape index (κ3) is 7.33. The number of pyridine rings is 1. The number of alkyl halides is 3. The maximum Gasteiger partial charge on any atom is 0.417 e. The van der Waals surface area contributed by atoms with Crippen molar-refractivity contribution in [2.45, 2.75) is 46.4 Å². The number of anilines is 3. The molecule has 0 aliphatic carbocycles. The van der Waals surface area contributed by atoms with Crippen molar-refractivity contribution < 1.29 is 36.5 Å². The van der Waals surface area contributed by atoms with Gasteiger partial charge in [-0.05, 0) is 38.4 Å². The van der Waals surface area contributed by atoms with Gasteiger partial charge in [0.15, 0.2) is 5.82 Å². The number of aliphatic hydroxyl groups excluding tert-OH is 1. The van der Waals surface area contributed by atoms with E-state index in [9.17, 15) is 17.6 Å². The molecule has 0 bridgehead atoms. The molecule has 0 amide bonds. The molecular formula is C28H38F5N7O3. The number of nitrogen functional groups attached to an aromatic ring is 1. The summed E-state index contributed by atoms with van der Waals surface area (Å²) < 4.78 is 84.9. The third-order valence-electron chi connectivity index (χ3n) is 6.73. The Balaban J connectivity index is 0.00000121. The highest BCUT2D eigenvalue weighted by molar-refractivity contribution is 5.97. The summed E-state index contributed by atoms with van der Waals surface area (Å²) in [5, 5.41) is 13.5. The summed E-state index contributed by atoms with van der Waals surface area (Å²) >= 11 is 0. The second-order valence-corrected chi connectivity index (χ2v) is 9.49. The van der Waals surface area contributed by atoms with Crippen LogP contribution in [0.15, 0.2) is 6.07 Å². The maximum atomic E-state index is 16.4. The molecule has 1 aromatic carbocycles. The number of halogens is 5. The van der Waals surface area contributed by atoms with Crippen LogP contribution in [-0.2, 0) is 10.9 Å². The van der Waals surface area contributed by atoms with Gasteiger partial charge in [-0.2, -0.15) is 18.2 Å². The SMILES string of the molecule is CC.CO.Cc1c(F)c(N)cc(-c2nc3c4c(nc(N5CCOCC5)nc4c2F)NCCNCCC(C)O3)c1C(F)(F)F. The van der Waals surface area contributed by atoms with Gasteiger partial charge in [0.05, 0.1) is 30.6 Å². The molecule has 5 rings (SSSR count). The van der Waals surface area contributed by atoms with E-state index >= 15 is 4.39 Å². The molecule has 1 atom stereocenters. The van der Waals surface area contributed by atoms with Crippen LogP contribution >= 0.6 is 0 Å². The number of rotatable bonds is 2. The van der Waals surface area contributed by atoms with Crippen molar-refractivity contribution in [2.24, 2.45) is 0 Å². The van der Waals surface area contributed by atoms with Crippen LogP contribution in [0, 0.1) is 18.6 Å². The van der Waals surface area contributed by atoms with Gasteiger partial charge in [0.1, 0.15) is 28.2 Å². The molecule has 1 saturated heterocycles. The number of morpholine rings is 1. The summed E-state index contributed by atoms with van der Waals surface area (Å²) in [6.07, 6.45) is -4.90. The van der Waals surface area contributed by atoms with E-state index in [4.69, 9.17) is 20.3 Å². The molecule has 15 heteroatoms. The van der Waals surface area contributed by atoms with Crippen molar-refractivity contribution in [3.8, 4) is 17.1 Å². The molecule has 0 radical (unpaired) electrons. The van der Waals surface area contributed by atoms with Gasteiger partial charge in [-0.25, -0.2) is 18.7 Å². The monoisotopic (exact) mass is 615 g/mol. The second-order valence-electron chi connectivity index (χ2n) is 9.49. The highest BCUT2D eigenvalue weighted by Gasteiger charge is 2.39. The van der Waals surface area contributed by atoms with E-state index < -0.39 is 52.0 Å². The average molecular weight is 616 g/mol. The third-order valence-corrected chi connectivity index (χ3v) is 6.73. The van der Waals surface area contributed by atoms with Gasteiger partial charge >= 0.3 is 6.18 Å². The molecule has 1 unspecified atom stereocenters. The Hall–Kier alpha value is -3.56. The molecule has 238 valence electrons. The van der Waals surface area contributed by atoms with E-state index in [0.717, 1.165) is 20.1 Å². The van der Waals surface area contributed by atoms with E-state index in [1.807, 2.05) is 13.8 Å². The van der Waals surface area contributed by atoms with Gasteiger partial charge in [-0.3, -0.25) is 0 Å². The van der Waals surface area contributed by atoms with Gasteiger partial charge in [-0.1, -0.05) is 13.8 Å². The molecule has 10 nitrogen and oxygen atoms in total. The number of aromatic nitrogens is 3. The Morgan fingerprint density at radius 1 is 1.02 bits per heavy atom. The van der Waals surface area contributed by atoms with Crippen LogP contribution in [0.3, 0.4) is 0 Å². The summed E-state index contributed by atoms with van der Waals surface area (Å²) in [6, 6.07) is 0.747. The minimum absolute atomic E-state index is 0.0994. The Morgan fingerprint density at radius 3 is 2.35 bits per heavy atom. The number of nitrogens with zero attached hydrogens (tertiary/aromatic N) is 4. The molecule has 3 aromatic rings. The summed E-state index contributed by atoms with van der Waals surface area (Å²) in [5.41, 5.74) is 1.32. The number of aliphatic hydroxyl groups is 1. The highest BCUT2D eigenvalue weighted by atomic mass is 19.4. The van der Waals surface area contributed by atoms with Crippen LogP contribution in [0.4, 0.5) is 39.4 Å². The smallest absolute Gasteiger partial charge is 0.417 e. The number of ether oxygens (including phenoxy) is 2. The fourth-order valence-electron chi connectivity index (χ4n) is 4.75. The first-order chi connectivity index (χ1) is 20.6. The zero-order valence-electron chi connectivity index (χ0n) is 24.8. The standard InChI is InChI=1S/C25H28F5N7O2.C2H6.CH4O/c1-12-3-4-32-5-6-33-22-16-21(35-24(36-22)37-7-9-38-10-8-37)19(27)20(34-23(16)39-12)14-11-15(31)18(26)13(2)17(14)25(28,29)30;2*1-2/h11-12,32H,3-10,31H2,1-2H3,(H,33,35,36);1-2H3;2H,1H3. The first-order valence-electron chi connectivity index (χ1n) is 14.0. The van der Waals surface area contributed by atoms with Gasteiger partial charge in [-0.15, -0.1) is 0 Å². The van der Waals surface area contributed by atoms with Crippen LogP contribution in [-0.4, -0.2) is 79.2 Å². The molecule has 0 spiro atoms. The largest absolute Gasteiger partial charge is 0.474 e. The Labute approximate surface area is 246 Å². The zero-order valence-corrected chi connectivity index (χ0v) is 24.8. The van der Waals surface area contributed by atoms with E-state index in [1.165, 1.54) is 0 Å². The average Bonchev–Trinajstić information content (AvgIpc) is 3.03. The molecule has 1 fully saturated rings. The second kappa shape index (κ2) is 14.8. The van der Waals surface area contributed by atoms with E-state index in [-0.39, 0.29) is 28.5 Å². The molecule has 4 heterocycles. The Bertz CT molecular complexity index is 1400. The lowest BCUT2D eigenvalue weighted by molar-refractivity contribution is -0.137. The Morgan fingerprint density at radius 2 is 1.70 bits per heavy atom. The van der Waals surface area contributed by atoms with Crippen LogP contribution in [0.5, 0.6) is 5.88 Å². The van der Waals surface area contributed by atoms with E-state index in [0.29, 0.717) is 52.4 Å².